The molecule has 2 heterocycles. The van der Waals surface area contributed by atoms with Crippen LogP contribution in [0.1, 0.15) is 53.6 Å². The molecule has 1 atom stereocenters. The SMILES string of the molecule is CCCC1CN(CCCNC(=O)c2ccc(-c3nc(COc4ccc(C)cc4)c(C)o3)cc2)CCN1c1ccc(F)cc1. The largest absolute Gasteiger partial charge is 0.487 e. The molecular weight excluding hydrogens is 543 g/mol. The summed E-state index contributed by atoms with van der Waals surface area (Å²) in [4.78, 5) is 22.3. The van der Waals surface area contributed by atoms with Crippen molar-refractivity contribution in [3.63, 3.8) is 0 Å². The maximum atomic E-state index is 13.4. The van der Waals surface area contributed by atoms with E-state index < -0.39 is 0 Å². The fraction of sp³-hybridized carbons (Fsp3) is 0.371. The summed E-state index contributed by atoms with van der Waals surface area (Å²) in [6.07, 6.45) is 3.07. The molecule has 3 aromatic carbocycles. The number of ether oxygens (including phenoxy) is 1. The Bertz CT molecular complexity index is 1470. The smallest absolute Gasteiger partial charge is 0.251 e. The normalized spacial score (nSPS) is 15.4. The molecule has 4 aromatic rings. The molecule has 0 aliphatic carbocycles. The molecule has 43 heavy (non-hydrogen) atoms. The molecule has 1 amide bonds. The second kappa shape index (κ2) is 14.3. The van der Waals surface area contributed by atoms with Crippen LogP contribution in [-0.2, 0) is 6.61 Å². The highest BCUT2D eigenvalue weighted by Crippen LogP contribution is 2.25. The van der Waals surface area contributed by atoms with Crippen LogP contribution in [0.5, 0.6) is 5.75 Å². The standard InChI is InChI=1S/C35H41FN4O3/c1-4-6-31-23-39(21-22-40(31)30-15-13-29(36)14-16-30)20-5-19-37-34(41)27-9-11-28(12-10-27)35-38-33(26(3)43-35)24-42-32-17-7-25(2)8-18-32/h7-18,31H,4-6,19-24H2,1-3H3,(H,37,41). The van der Waals surface area contributed by atoms with Gasteiger partial charge in [0.15, 0.2) is 0 Å². The van der Waals surface area contributed by atoms with E-state index >= 15 is 0 Å². The number of oxazole rings is 1. The Morgan fingerprint density at radius 1 is 1.02 bits per heavy atom. The van der Waals surface area contributed by atoms with Crippen LogP contribution < -0.4 is 15.0 Å². The maximum Gasteiger partial charge on any atom is 0.251 e. The third kappa shape index (κ3) is 8.02. The molecule has 1 fully saturated rings. The van der Waals surface area contributed by atoms with Gasteiger partial charge >= 0.3 is 0 Å². The third-order valence-corrected chi connectivity index (χ3v) is 7.97. The summed E-state index contributed by atoms with van der Waals surface area (Å²) in [7, 11) is 0. The molecule has 0 saturated carbocycles. The quantitative estimate of drug-likeness (QED) is 0.185. The Balaban J connectivity index is 1.07. The van der Waals surface area contributed by atoms with Crippen LogP contribution in [0.15, 0.2) is 77.2 Å². The van der Waals surface area contributed by atoms with Gasteiger partial charge in [0.25, 0.3) is 5.91 Å². The number of carbonyl (C=O) groups is 1. The van der Waals surface area contributed by atoms with Crippen LogP contribution in [0, 0.1) is 19.7 Å². The maximum absolute atomic E-state index is 13.4. The Hall–Kier alpha value is -4.17. The summed E-state index contributed by atoms with van der Waals surface area (Å²) in [6.45, 7) is 10.8. The summed E-state index contributed by atoms with van der Waals surface area (Å²) in [5.41, 5.74) is 4.42. The number of nitrogens with one attached hydrogen (secondary N) is 1. The van der Waals surface area contributed by atoms with Gasteiger partial charge in [-0.25, -0.2) is 9.37 Å². The average Bonchev–Trinajstić information content (AvgIpc) is 3.40. The molecule has 0 spiro atoms. The molecule has 226 valence electrons. The summed E-state index contributed by atoms with van der Waals surface area (Å²) in [6, 6.07) is 22.5. The molecule has 7 nitrogen and oxygen atoms in total. The number of halogens is 1. The van der Waals surface area contributed by atoms with Gasteiger partial charge in [-0.15, -0.1) is 0 Å². The van der Waals surface area contributed by atoms with Gasteiger partial charge in [-0.1, -0.05) is 31.0 Å². The first-order chi connectivity index (χ1) is 20.9. The van der Waals surface area contributed by atoms with E-state index in [1.807, 2.05) is 62.4 Å². The first-order valence-electron chi connectivity index (χ1n) is 15.2. The van der Waals surface area contributed by atoms with Crippen LogP contribution in [0.3, 0.4) is 0 Å². The van der Waals surface area contributed by atoms with Gasteiger partial charge in [0.1, 0.15) is 29.6 Å². The molecule has 0 radical (unpaired) electrons. The zero-order valence-corrected chi connectivity index (χ0v) is 25.3. The fourth-order valence-electron chi connectivity index (χ4n) is 5.52. The van der Waals surface area contributed by atoms with Crippen molar-refractivity contribution in [2.45, 2.75) is 52.7 Å². The minimum absolute atomic E-state index is 0.0905. The predicted molar refractivity (Wildman–Crippen MR) is 168 cm³/mol. The lowest BCUT2D eigenvalue weighted by molar-refractivity contribution is 0.0951. The minimum Gasteiger partial charge on any atom is -0.487 e. The van der Waals surface area contributed by atoms with E-state index in [0.29, 0.717) is 36.4 Å². The van der Waals surface area contributed by atoms with E-state index in [1.165, 1.54) is 17.7 Å². The van der Waals surface area contributed by atoms with E-state index in [9.17, 15) is 9.18 Å². The highest BCUT2D eigenvalue weighted by atomic mass is 19.1. The van der Waals surface area contributed by atoms with Crippen molar-refractivity contribution in [3.05, 3.63) is 101 Å². The number of benzene rings is 3. The van der Waals surface area contributed by atoms with Crippen molar-refractivity contribution in [1.82, 2.24) is 15.2 Å². The van der Waals surface area contributed by atoms with Crippen molar-refractivity contribution in [3.8, 4) is 17.2 Å². The average molecular weight is 585 g/mol. The number of nitrogens with zero attached hydrogens (tertiary/aromatic N) is 3. The second-order valence-corrected chi connectivity index (χ2v) is 11.2. The molecule has 1 aliphatic rings. The van der Waals surface area contributed by atoms with Gasteiger partial charge in [-0.05, 0) is 93.9 Å². The van der Waals surface area contributed by atoms with Gasteiger partial charge in [0.05, 0.1) is 0 Å². The number of aromatic nitrogens is 1. The number of rotatable bonds is 12. The molecule has 1 N–H and O–H groups in total. The third-order valence-electron chi connectivity index (χ3n) is 7.97. The first-order valence-corrected chi connectivity index (χ1v) is 15.2. The molecular formula is C35H41FN4O3. The van der Waals surface area contributed by atoms with Crippen LogP contribution in [0.25, 0.3) is 11.5 Å². The van der Waals surface area contributed by atoms with Crippen molar-refractivity contribution in [2.75, 3.05) is 37.6 Å². The molecule has 8 heteroatoms. The molecule has 0 bridgehead atoms. The number of piperazine rings is 1. The molecule has 1 aliphatic heterocycles. The highest BCUT2D eigenvalue weighted by Gasteiger charge is 2.26. The molecule has 5 rings (SSSR count). The van der Waals surface area contributed by atoms with Crippen molar-refractivity contribution in [1.29, 1.82) is 0 Å². The lowest BCUT2D eigenvalue weighted by Crippen LogP contribution is -2.53. The number of anilines is 1. The zero-order valence-electron chi connectivity index (χ0n) is 25.3. The Labute approximate surface area is 253 Å². The van der Waals surface area contributed by atoms with Gasteiger partial charge < -0.3 is 19.4 Å². The number of hydrogen-bond donors (Lipinski definition) is 1. The van der Waals surface area contributed by atoms with Gasteiger partial charge in [-0.3, -0.25) is 9.69 Å². The summed E-state index contributed by atoms with van der Waals surface area (Å²) < 4.78 is 25.2. The first kappa shape index (κ1) is 30.3. The zero-order chi connectivity index (χ0) is 30.2. The second-order valence-electron chi connectivity index (χ2n) is 11.2. The van der Waals surface area contributed by atoms with Gasteiger partial charge in [-0.2, -0.15) is 0 Å². The van der Waals surface area contributed by atoms with E-state index in [-0.39, 0.29) is 11.7 Å². The Morgan fingerprint density at radius 2 is 1.77 bits per heavy atom. The fourth-order valence-corrected chi connectivity index (χ4v) is 5.52. The summed E-state index contributed by atoms with van der Waals surface area (Å²) in [5, 5.41) is 3.06. The van der Waals surface area contributed by atoms with Crippen LogP contribution in [-0.4, -0.2) is 54.6 Å². The van der Waals surface area contributed by atoms with Crippen LogP contribution in [0.4, 0.5) is 10.1 Å². The summed E-state index contributed by atoms with van der Waals surface area (Å²) >= 11 is 0. The van der Waals surface area contributed by atoms with E-state index in [1.54, 1.807) is 12.1 Å². The number of carbonyl (C=O) groups excluding carboxylic acids is 1. The lowest BCUT2D eigenvalue weighted by atomic mass is 10.0. The van der Waals surface area contributed by atoms with E-state index in [0.717, 1.165) is 68.1 Å². The topological polar surface area (TPSA) is 70.8 Å². The Kier molecular flexibility index (Phi) is 10.1. The molecule has 1 aromatic heterocycles. The predicted octanol–water partition coefficient (Wildman–Crippen LogP) is 6.79. The monoisotopic (exact) mass is 584 g/mol. The molecule has 1 unspecified atom stereocenters. The number of hydrogen-bond acceptors (Lipinski definition) is 6. The van der Waals surface area contributed by atoms with Crippen molar-refractivity contribution < 1.29 is 18.3 Å². The molecule has 1 saturated heterocycles. The van der Waals surface area contributed by atoms with Crippen LogP contribution >= 0.6 is 0 Å². The minimum atomic E-state index is -0.202. The lowest BCUT2D eigenvalue weighted by Gasteiger charge is -2.43. The van der Waals surface area contributed by atoms with E-state index in [2.05, 4.69) is 27.0 Å². The summed E-state index contributed by atoms with van der Waals surface area (Å²) in [5.74, 6) is 1.71. The van der Waals surface area contributed by atoms with E-state index in [4.69, 9.17) is 9.15 Å². The van der Waals surface area contributed by atoms with Gasteiger partial charge in [0.2, 0.25) is 5.89 Å². The van der Waals surface area contributed by atoms with Crippen LogP contribution in [0.2, 0.25) is 0 Å². The Morgan fingerprint density at radius 3 is 2.49 bits per heavy atom. The number of aryl methyl sites for hydroxylation is 2. The van der Waals surface area contributed by atoms with Crippen molar-refractivity contribution >= 4 is 11.6 Å². The number of amides is 1. The van der Waals surface area contributed by atoms with Gasteiger partial charge in [0, 0.05) is 49.0 Å². The highest BCUT2D eigenvalue weighted by molar-refractivity contribution is 5.94. The van der Waals surface area contributed by atoms with Crippen molar-refractivity contribution in [2.24, 2.45) is 0 Å².